The van der Waals surface area contributed by atoms with Crippen LogP contribution in [0.15, 0.2) is 4.52 Å². The molecular formula is C9H13F2N3O2. The van der Waals surface area contributed by atoms with E-state index >= 15 is 0 Å². The average molecular weight is 233 g/mol. The molecule has 1 aromatic rings. The Morgan fingerprint density at radius 1 is 1.56 bits per heavy atom. The van der Waals surface area contributed by atoms with Crippen molar-refractivity contribution in [2.24, 2.45) is 0 Å². The highest BCUT2D eigenvalue weighted by atomic mass is 19.3. The van der Waals surface area contributed by atoms with Crippen LogP contribution in [0.1, 0.15) is 18.1 Å². The highest BCUT2D eigenvalue weighted by molar-refractivity contribution is 4.90. The van der Waals surface area contributed by atoms with Crippen LogP contribution < -0.4 is 0 Å². The number of nitrogens with zero attached hydrogens (tertiary/aromatic N) is 3. The second-order valence-electron chi connectivity index (χ2n) is 3.81. The maximum absolute atomic E-state index is 12.2. The van der Waals surface area contributed by atoms with Crippen LogP contribution in [0.3, 0.4) is 0 Å². The zero-order chi connectivity index (χ0) is 11.5. The summed E-state index contributed by atoms with van der Waals surface area (Å²) < 4.78 is 34.3. The standard InChI is InChI=1S/C9H13F2N3O2/c1-14-2-3-15-6(5-14)4-7-12-9(8(10)11)16-13-7/h6,8H,2-5H2,1H3. The molecule has 2 rings (SSSR count). The lowest BCUT2D eigenvalue weighted by Crippen LogP contribution is -2.41. The monoisotopic (exact) mass is 233 g/mol. The van der Waals surface area contributed by atoms with Crippen molar-refractivity contribution in [3.63, 3.8) is 0 Å². The first-order valence-electron chi connectivity index (χ1n) is 5.06. The van der Waals surface area contributed by atoms with Crippen molar-refractivity contribution in [2.75, 3.05) is 26.7 Å². The minimum absolute atomic E-state index is 0.0538. The van der Waals surface area contributed by atoms with E-state index in [0.29, 0.717) is 13.0 Å². The molecule has 0 bridgehead atoms. The Bertz CT molecular complexity index is 345. The van der Waals surface area contributed by atoms with E-state index in [-0.39, 0.29) is 11.9 Å². The number of hydrogen-bond acceptors (Lipinski definition) is 5. The van der Waals surface area contributed by atoms with E-state index < -0.39 is 12.3 Å². The van der Waals surface area contributed by atoms with Gasteiger partial charge in [-0.2, -0.15) is 13.8 Å². The van der Waals surface area contributed by atoms with E-state index in [4.69, 9.17) is 4.74 Å². The van der Waals surface area contributed by atoms with Gasteiger partial charge >= 0.3 is 6.43 Å². The van der Waals surface area contributed by atoms with Gasteiger partial charge in [-0.25, -0.2) is 0 Å². The largest absolute Gasteiger partial charge is 0.375 e. The molecule has 0 aromatic carbocycles. The molecule has 90 valence electrons. The van der Waals surface area contributed by atoms with Crippen LogP contribution in [0, 0.1) is 0 Å². The van der Waals surface area contributed by atoms with Crippen molar-refractivity contribution >= 4 is 0 Å². The fourth-order valence-corrected chi connectivity index (χ4v) is 1.63. The number of morpholine rings is 1. The summed E-state index contributed by atoms with van der Waals surface area (Å²) in [6, 6.07) is 0. The number of ether oxygens (including phenoxy) is 1. The summed E-state index contributed by atoms with van der Waals surface area (Å²) in [5, 5.41) is 3.49. The van der Waals surface area contributed by atoms with Crippen molar-refractivity contribution in [2.45, 2.75) is 19.0 Å². The number of likely N-dealkylation sites (N-methyl/N-ethyl adjacent to an activating group) is 1. The topological polar surface area (TPSA) is 51.4 Å². The fourth-order valence-electron chi connectivity index (χ4n) is 1.63. The van der Waals surface area contributed by atoms with Gasteiger partial charge in [0, 0.05) is 19.5 Å². The van der Waals surface area contributed by atoms with Gasteiger partial charge in [0.15, 0.2) is 5.82 Å². The molecule has 0 saturated carbocycles. The fraction of sp³-hybridized carbons (Fsp3) is 0.778. The molecular weight excluding hydrogens is 220 g/mol. The smallest absolute Gasteiger partial charge is 0.315 e. The van der Waals surface area contributed by atoms with Gasteiger partial charge < -0.3 is 14.2 Å². The van der Waals surface area contributed by atoms with Crippen LogP contribution in [0.25, 0.3) is 0 Å². The van der Waals surface area contributed by atoms with Crippen LogP contribution in [-0.4, -0.2) is 47.9 Å². The van der Waals surface area contributed by atoms with Crippen LogP contribution in [0.2, 0.25) is 0 Å². The zero-order valence-corrected chi connectivity index (χ0v) is 8.90. The van der Waals surface area contributed by atoms with E-state index in [9.17, 15) is 8.78 Å². The first kappa shape index (κ1) is 11.4. The van der Waals surface area contributed by atoms with E-state index in [1.807, 2.05) is 7.05 Å². The number of halogens is 2. The molecule has 0 spiro atoms. The molecule has 1 aromatic heterocycles. The Morgan fingerprint density at radius 3 is 3.00 bits per heavy atom. The average Bonchev–Trinajstić information content (AvgIpc) is 2.66. The molecule has 2 heterocycles. The summed E-state index contributed by atoms with van der Waals surface area (Å²) in [6.07, 6.45) is -2.36. The maximum atomic E-state index is 12.2. The van der Waals surface area contributed by atoms with Crippen molar-refractivity contribution < 1.29 is 18.0 Å². The zero-order valence-electron chi connectivity index (χ0n) is 8.90. The van der Waals surface area contributed by atoms with Crippen molar-refractivity contribution in [3.05, 3.63) is 11.7 Å². The van der Waals surface area contributed by atoms with Gasteiger partial charge in [0.25, 0.3) is 5.89 Å². The van der Waals surface area contributed by atoms with Gasteiger partial charge in [-0.3, -0.25) is 0 Å². The molecule has 1 fully saturated rings. The molecule has 1 aliphatic heterocycles. The summed E-state index contributed by atoms with van der Waals surface area (Å²) in [5.74, 6) is -0.352. The molecule has 1 atom stereocenters. The molecule has 1 aliphatic rings. The lowest BCUT2D eigenvalue weighted by molar-refractivity contribution is -0.0197. The summed E-state index contributed by atoms with van der Waals surface area (Å²) in [4.78, 5) is 5.72. The van der Waals surface area contributed by atoms with E-state index in [1.54, 1.807) is 0 Å². The van der Waals surface area contributed by atoms with E-state index in [0.717, 1.165) is 13.1 Å². The number of alkyl halides is 2. The predicted octanol–water partition coefficient (Wildman–Crippen LogP) is 0.880. The summed E-state index contributed by atoms with van der Waals surface area (Å²) >= 11 is 0. The number of aromatic nitrogens is 2. The minimum atomic E-state index is -2.71. The molecule has 0 radical (unpaired) electrons. The summed E-state index contributed by atoms with van der Waals surface area (Å²) in [6.45, 7) is 2.27. The Labute approximate surface area is 91.4 Å². The maximum Gasteiger partial charge on any atom is 0.315 e. The van der Waals surface area contributed by atoms with E-state index in [2.05, 4.69) is 19.6 Å². The summed E-state index contributed by atoms with van der Waals surface area (Å²) in [7, 11) is 1.98. The molecule has 5 nitrogen and oxygen atoms in total. The summed E-state index contributed by atoms with van der Waals surface area (Å²) in [5.41, 5.74) is 0. The van der Waals surface area contributed by atoms with Crippen LogP contribution in [0.5, 0.6) is 0 Å². The van der Waals surface area contributed by atoms with Crippen LogP contribution in [-0.2, 0) is 11.2 Å². The Morgan fingerprint density at radius 2 is 2.38 bits per heavy atom. The number of hydrogen-bond donors (Lipinski definition) is 0. The molecule has 1 saturated heterocycles. The lowest BCUT2D eigenvalue weighted by Gasteiger charge is -2.29. The second-order valence-corrected chi connectivity index (χ2v) is 3.81. The number of rotatable bonds is 3. The van der Waals surface area contributed by atoms with Gasteiger partial charge in [-0.1, -0.05) is 5.16 Å². The lowest BCUT2D eigenvalue weighted by atomic mass is 10.2. The molecule has 7 heteroatoms. The normalized spacial score (nSPS) is 22.9. The Kier molecular flexibility index (Phi) is 3.45. The van der Waals surface area contributed by atoms with Crippen LogP contribution >= 0.6 is 0 Å². The van der Waals surface area contributed by atoms with Crippen molar-refractivity contribution in [3.8, 4) is 0 Å². The highest BCUT2D eigenvalue weighted by Gasteiger charge is 2.22. The first-order valence-corrected chi connectivity index (χ1v) is 5.06. The third kappa shape index (κ3) is 2.73. The third-order valence-corrected chi connectivity index (χ3v) is 2.42. The molecule has 0 N–H and O–H groups in total. The molecule has 1 unspecified atom stereocenters. The Balaban J connectivity index is 1.92. The quantitative estimate of drug-likeness (QED) is 0.775. The van der Waals surface area contributed by atoms with Crippen LogP contribution in [0.4, 0.5) is 8.78 Å². The minimum Gasteiger partial charge on any atom is -0.375 e. The predicted molar refractivity (Wildman–Crippen MR) is 50.2 cm³/mol. The Hall–Kier alpha value is -1.08. The first-order chi connectivity index (χ1) is 7.65. The SMILES string of the molecule is CN1CCOC(Cc2noc(C(F)F)n2)C1. The second kappa shape index (κ2) is 4.84. The van der Waals surface area contributed by atoms with Gasteiger partial charge in [-0.15, -0.1) is 0 Å². The molecule has 16 heavy (non-hydrogen) atoms. The van der Waals surface area contributed by atoms with Gasteiger partial charge in [0.2, 0.25) is 0 Å². The highest BCUT2D eigenvalue weighted by Crippen LogP contribution is 2.17. The molecule has 0 aliphatic carbocycles. The van der Waals surface area contributed by atoms with Gasteiger partial charge in [-0.05, 0) is 7.05 Å². The molecule has 0 amide bonds. The van der Waals surface area contributed by atoms with Crippen molar-refractivity contribution in [1.29, 1.82) is 0 Å². The van der Waals surface area contributed by atoms with Gasteiger partial charge in [0.05, 0.1) is 12.7 Å². The van der Waals surface area contributed by atoms with Gasteiger partial charge in [0.1, 0.15) is 0 Å². The van der Waals surface area contributed by atoms with E-state index in [1.165, 1.54) is 0 Å². The van der Waals surface area contributed by atoms with Crippen molar-refractivity contribution in [1.82, 2.24) is 15.0 Å². The third-order valence-electron chi connectivity index (χ3n) is 2.42.